The summed E-state index contributed by atoms with van der Waals surface area (Å²) in [5.41, 5.74) is 0.591. The van der Waals surface area contributed by atoms with Crippen molar-refractivity contribution in [1.82, 2.24) is 19.5 Å². The second-order valence-corrected chi connectivity index (χ2v) is 10.1. The van der Waals surface area contributed by atoms with Gasteiger partial charge in [0.1, 0.15) is 17.4 Å². The lowest BCUT2D eigenvalue weighted by Gasteiger charge is -2.34. The summed E-state index contributed by atoms with van der Waals surface area (Å²) < 4.78 is 67.2. The fourth-order valence-electron chi connectivity index (χ4n) is 4.66. The fraction of sp³-hybridized carbons (Fsp3) is 0.696. The van der Waals surface area contributed by atoms with Crippen molar-refractivity contribution in [3.05, 3.63) is 29.0 Å². The van der Waals surface area contributed by atoms with Crippen LogP contribution in [0, 0.1) is 18.7 Å². The summed E-state index contributed by atoms with van der Waals surface area (Å²) in [4.78, 5) is 18.4. The van der Waals surface area contributed by atoms with Crippen LogP contribution in [0.1, 0.15) is 75.6 Å². The van der Waals surface area contributed by atoms with Gasteiger partial charge in [-0.05, 0) is 59.4 Å². The minimum Gasteiger partial charge on any atom is -0.444 e. The Bertz CT molecular complexity index is 1060. The van der Waals surface area contributed by atoms with E-state index in [1.807, 2.05) is 0 Å². The first-order valence-corrected chi connectivity index (χ1v) is 11.6. The molecule has 1 aliphatic carbocycles. The lowest BCUT2D eigenvalue weighted by molar-refractivity contribution is -0.182. The molecule has 0 aromatic carbocycles. The number of aryl methyl sites for hydroxylation is 1. The van der Waals surface area contributed by atoms with Gasteiger partial charge in [0.2, 0.25) is 0 Å². The summed E-state index contributed by atoms with van der Waals surface area (Å²) in [5, 5.41) is 4.45. The SMILES string of the molecule is Cc1cc([C@H]2CN(C(=O)OC(C)(C)C)CCO2)n2nc([C@H]3CC[C@H](C(F)(F)F)CC3)c(F)c2n1. The van der Waals surface area contributed by atoms with Crippen LogP contribution < -0.4 is 0 Å². The number of carbonyl (C=O) groups is 1. The van der Waals surface area contributed by atoms with E-state index in [0.29, 0.717) is 17.9 Å². The lowest BCUT2D eigenvalue weighted by atomic mass is 9.80. The molecule has 2 aromatic heterocycles. The zero-order chi connectivity index (χ0) is 24.8. The van der Waals surface area contributed by atoms with E-state index >= 15 is 4.39 Å². The average Bonchev–Trinajstić information content (AvgIpc) is 3.08. The topological polar surface area (TPSA) is 69.0 Å². The van der Waals surface area contributed by atoms with Crippen LogP contribution in [0.15, 0.2) is 6.07 Å². The lowest BCUT2D eigenvalue weighted by Crippen LogP contribution is -2.45. The van der Waals surface area contributed by atoms with Crippen molar-refractivity contribution in [1.29, 1.82) is 0 Å². The van der Waals surface area contributed by atoms with Crippen LogP contribution in [0.3, 0.4) is 0 Å². The Morgan fingerprint density at radius 1 is 1.18 bits per heavy atom. The number of hydrogen-bond donors (Lipinski definition) is 0. The van der Waals surface area contributed by atoms with Gasteiger partial charge in [0.15, 0.2) is 11.5 Å². The van der Waals surface area contributed by atoms with E-state index in [-0.39, 0.29) is 50.2 Å². The van der Waals surface area contributed by atoms with Gasteiger partial charge in [0.25, 0.3) is 0 Å². The van der Waals surface area contributed by atoms with Crippen molar-refractivity contribution >= 4 is 11.7 Å². The van der Waals surface area contributed by atoms with E-state index in [2.05, 4.69) is 10.1 Å². The molecule has 1 aliphatic heterocycles. The second kappa shape index (κ2) is 8.98. The van der Waals surface area contributed by atoms with Gasteiger partial charge in [0, 0.05) is 18.2 Å². The van der Waals surface area contributed by atoms with E-state index < -0.39 is 41.6 Å². The molecule has 1 saturated carbocycles. The maximum Gasteiger partial charge on any atom is 0.410 e. The first-order valence-electron chi connectivity index (χ1n) is 11.6. The van der Waals surface area contributed by atoms with E-state index in [4.69, 9.17) is 9.47 Å². The number of carbonyl (C=O) groups excluding carboxylic acids is 1. The van der Waals surface area contributed by atoms with Crippen molar-refractivity contribution in [2.75, 3.05) is 19.7 Å². The molecule has 4 rings (SSSR count). The number of aromatic nitrogens is 3. The molecule has 2 fully saturated rings. The number of ether oxygens (including phenoxy) is 2. The molecular formula is C23H30F4N4O3. The Kier molecular flexibility index (Phi) is 6.52. The van der Waals surface area contributed by atoms with Crippen molar-refractivity contribution in [3.8, 4) is 0 Å². The van der Waals surface area contributed by atoms with Crippen molar-refractivity contribution in [2.24, 2.45) is 5.92 Å². The maximum atomic E-state index is 15.4. The van der Waals surface area contributed by atoms with Gasteiger partial charge < -0.3 is 14.4 Å². The van der Waals surface area contributed by atoms with E-state index in [1.54, 1.807) is 38.7 Å². The highest BCUT2D eigenvalue weighted by atomic mass is 19.4. The quantitative estimate of drug-likeness (QED) is 0.538. The molecule has 2 aliphatic rings. The standard InChI is InChI=1S/C23H30F4N4O3/c1-13-11-16(17-12-30(9-10-33-17)21(32)34-22(2,3)4)31-20(28-13)18(24)19(29-31)14-5-7-15(8-6-14)23(25,26)27/h11,14-15,17H,5-10,12H2,1-4H3/t14-,15-,17-/m1/s1. The molecule has 1 amide bonds. The van der Waals surface area contributed by atoms with E-state index in [9.17, 15) is 18.0 Å². The Hall–Kier alpha value is -2.43. The van der Waals surface area contributed by atoms with Crippen LogP contribution in [0.25, 0.3) is 5.65 Å². The van der Waals surface area contributed by atoms with Crippen LogP contribution in [0.2, 0.25) is 0 Å². The Morgan fingerprint density at radius 2 is 1.85 bits per heavy atom. The van der Waals surface area contributed by atoms with E-state index in [1.165, 1.54) is 4.52 Å². The largest absolute Gasteiger partial charge is 0.444 e. The highest BCUT2D eigenvalue weighted by Crippen LogP contribution is 2.43. The summed E-state index contributed by atoms with van der Waals surface area (Å²) in [6.45, 7) is 7.91. The van der Waals surface area contributed by atoms with Gasteiger partial charge >= 0.3 is 12.3 Å². The summed E-state index contributed by atoms with van der Waals surface area (Å²) in [6.07, 6.45) is -4.94. The smallest absolute Gasteiger partial charge is 0.410 e. The molecule has 7 nitrogen and oxygen atoms in total. The molecule has 188 valence electrons. The molecule has 3 heterocycles. The molecule has 0 N–H and O–H groups in total. The number of amides is 1. The van der Waals surface area contributed by atoms with Gasteiger partial charge in [-0.1, -0.05) is 0 Å². The predicted molar refractivity (Wildman–Crippen MR) is 115 cm³/mol. The Labute approximate surface area is 195 Å². The minimum absolute atomic E-state index is 0.0148. The number of hydrogen-bond acceptors (Lipinski definition) is 5. The molecule has 0 unspecified atom stereocenters. The van der Waals surface area contributed by atoms with Crippen LogP contribution in [0.4, 0.5) is 22.4 Å². The minimum atomic E-state index is -4.23. The van der Waals surface area contributed by atoms with Crippen LogP contribution in [0.5, 0.6) is 0 Å². The summed E-state index contributed by atoms with van der Waals surface area (Å²) in [6, 6.07) is 1.73. The molecule has 1 saturated heterocycles. The number of morpholine rings is 1. The maximum absolute atomic E-state index is 15.4. The summed E-state index contributed by atoms with van der Waals surface area (Å²) in [5.74, 6) is -2.37. The van der Waals surface area contributed by atoms with Crippen molar-refractivity contribution in [2.45, 2.75) is 77.2 Å². The molecule has 0 radical (unpaired) electrons. The van der Waals surface area contributed by atoms with Gasteiger partial charge in [-0.25, -0.2) is 18.7 Å². The molecule has 2 aromatic rings. The third-order valence-corrected chi connectivity index (χ3v) is 6.34. The highest BCUT2D eigenvalue weighted by Gasteiger charge is 2.42. The molecule has 0 bridgehead atoms. The van der Waals surface area contributed by atoms with Crippen LogP contribution in [-0.4, -0.2) is 57.1 Å². The third-order valence-electron chi connectivity index (χ3n) is 6.34. The van der Waals surface area contributed by atoms with Crippen molar-refractivity contribution < 1.29 is 31.8 Å². The first-order chi connectivity index (χ1) is 15.8. The zero-order valence-electron chi connectivity index (χ0n) is 19.8. The molecular weight excluding hydrogens is 456 g/mol. The highest BCUT2D eigenvalue weighted by molar-refractivity contribution is 5.68. The first kappa shape index (κ1) is 24.7. The second-order valence-electron chi connectivity index (χ2n) is 10.1. The number of rotatable bonds is 2. The number of halogens is 4. The summed E-state index contributed by atoms with van der Waals surface area (Å²) >= 11 is 0. The van der Waals surface area contributed by atoms with Gasteiger partial charge in [-0.15, -0.1) is 0 Å². The van der Waals surface area contributed by atoms with Gasteiger partial charge in [-0.2, -0.15) is 18.3 Å². The van der Waals surface area contributed by atoms with Crippen LogP contribution in [-0.2, 0) is 9.47 Å². The predicted octanol–water partition coefficient (Wildman–Crippen LogP) is 5.32. The number of fused-ring (bicyclic) bond motifs is 1. The molecule has 1 atom stereocenters. The Morgan fingerprint density at radius 3 is 2.47 bits per heavy atom. The average molecular weight is 487 g/mol. The molecule has 0 spiro atoms. The molecule has 34 heavy (non-hydrogen) atoms. The van der Waals surface area contributed by atoms with Crippen molar-refractivity contribution in [3.63, 3.8) is 0 Å². The summed E-state index contributed by atoms with van der Waals surface area (Å²) in [7, 11) is 0. The van der Waals surface area contributed by atoms with Gasteiger partial charge in [0.05, 0.1) is 24.8 Å². The normalized spacial score (nSPS) is 24.5. The number of nitrogens with zero attached hydrogens (tertiary/aromatic N) is 4. The fourth-order valence-corrected chi connectivity index (χ4v) is 4.66. The zero-order valence-corrected chi connectivity index (χ0v) is 19.8. The monoisotopic (exact) mass is 486 g/mol. The molecule has 11 heteroatoms. The third kappa shape index (κ3) is 5.13. The number of alkyl halides is 3. The van der Waals surface area contributed by atoms with Gasteiger partial charge in [-0.3, -0.25) is 0 Å². The van der Waals surface area contributed by atoms with E-state index in [0.717, 1.165) is 0 Å². The van der Waals surface area contributed by atoms with Crippen LogP contribution >= 0.6 is 0 Å². The Balaban J connectivity index is 1.60.